The van der Waals surface area contributed by atoms with Crippen molar-refractivity contribution < 1.29 is 14.3 Å². The maximum atomic E-state index is 12.6. The van der Waals surface area contributed by atoms with E-state index < -0.39 is 0 Å². The van der Waals surface area contributed by atoms with Crippen LogP contribution in [-0.4, -0.2) is 27.8 Å². The Balaban J connectivity index is 1.73. The smallest absolute Gasteiger partial charge is 0.285 e. The number of rotatable bonds is 5. The van der Waals surface area contributed by atoms with E-state index in [4.69, 9.17) is 17.0 Å². The minimum absolute atomic E-state index is 0.288. The molecular weight excluding hydrogens is 368 g/mol. The predicted octanol–water partition coefficient (Wildman–Crippen LogP) is 3.63. The van der Waals surface area contributed by atoms with Crippen molar-refractivity contribution in [2.24, 2.45) is 0 Å². The van der Waals surface area contributed by atoms with Crippen LogP contribution in [0.25, 0.3) is 6.08 Å². The number of carbonyl (C=O) groups excluding carboxylic acids is 2. The lowest BCUT2D eigenvalue weighted by Crippen LogP contribution is -2.44. The zero-order valence-corrected chi connectivity index (χ0v) is 15.6. The highest BCUT2D eigenvalue weighted by Crippen LogP contribution is 2.31. The molecule has 0 aromatic heterocycles. The molecule has 1 aliphatic rings. The number of nitrogens with one attached hydrogen (secondary N) is 1. The number of benzene rings is 2. The summed E-state index contributed by atoms with van der Waals surface area (Å²) in [6.07, 6.45) is 1.74. The molecule has 0 aliphatic carbocycles. The zero-order chi connectivity index (χ0) is 18.5. The summed E-state index contributed by atoms with van der Waals surface area (Å²) < 4.78 is 5.69. The summed E-state index contributed by atoms with van der Waals surface area (Å²) in [5.74, 6) is 0.0368. The Labute approximate surface area is 161 Å². The van der Waals surface area contributed by atoms with Crippen molar-refractivity contribution in [1.29, 1.82) is 0 Å². The van der Waals surface area contributed by atoms with Crippen molar-refractivity contribution in [2.45, 2.75) is 6.92 Å². The third-order valence-electron chi connectivity index (χ3n) is 3.53. The van der Waals surface area contributed by atoms with Crippen molar-refractivity contribution in [3.8, 4) is 5.75 Å². The topological polar surface area (TPSA) is 58.6 Å². The summed E-state index contributed by atoms with van der Waals surface area (Å²) in [6.45, 7) is 2.52. The fourth-order valence-corrected chi connectivity index (χ4v) is 3.48. The average Bonchev–Trinajstić information content (AvgIpc) is 2.91. The second-order valence-corrected chi connectivity index (χ2v) is 7.00. The van der Waals surface area contributed by atoms with Crippen molar-refractivity contribution in [3.05, 3.63) is 70.6 Å². The number of hydrazine groups is 1. The van der Waals surface area contributed by atoms with Gasteiger partial charge in [0.2, 0.25) is 0 Å². The Hall–Kier alpha value is -2.64. The van der Waals surface area contributed by atoms with Crippen molar-refractivity contribution in [2.75, 3.05) is 6.61 Å². The highest BCUT2D eigenvalue weighted by Gasteiger charge is 2.33. The summed E-state index contributed by atoms with van der Waals surface area (Å²) >= 11 is 6.38. The first-order valence-electron chi connectivity index (χ1n) is 7.95. The van der Waals surface area contributed by atoms with E-state index in [0.717, 1.165) is 28.1 Å². The van der Waals surface area contributed by atoms with Gasteiger partial charge in [0.1, 0.15) is 5.75 Å². The number of thioether (sulfide) groups is 1. The van der Waals surface area contributed by atoms with E-state index in [1.165, 1.54) is 0 Å². The maximum Gasteiger partial charge on any atom is 0.285 e. The Morgan fingerprint density at radius 2 is 1.88 bits per heavy atom. The van der Waals surface area contributed by atoms with Gasteiger partial charge >= 0.3 is 0 Å². The molecular formula is C19H16N2O3S2. The fourth-order valence-electron chi connectivity index (χ4n) is 2.30. The number of thiocarbonyl (C=S) groups is 1. The molecule has 2 aromatic carbocycles. The van der Waals surface area contributed by atoms with E-state index >= 15 is 0 Å². The number of nitrogens with zero attached hydrogens (tertiary/aromatic N) is 1. The van der Waals surface area contributed by atoms with Crippen LogP contribution in [0, 0.1) is 0 Å². The van der Waals surface area contributed by atoms with Gasteiger partial charge in [-0.1, -0.05) is 42.1 Å². The normalized spacial score (nSPS) is 15.4. The van der Waals surface area contributed by atoms with Crippen LogP contribution in [0.5, 0.6) is 5.75 Å². The molecule has 1 heterocycles. The molecule has 0 saturated carbocycles. The monoisotopic (exact) mass is 384 g/mol. The molecule has 1 saturated heterocycles. The van der Waals surface area contributed by atoms with Gasteiger partial charge in [-0.3, -0.25) is 15.0 Å². The van der Waals surface area contributed by atoms with Gasteiger partial charge in [-0.2, -0.15) is 5.01 Å². The van der Waals surface area contributed by atoms with Gasteiger partial charge in [0.25, 0.3) is 11.8 Å². The Morgan fingerprint density at radius 3 is 2.54 bits per heavy atom. The van der Waals surface area contributed by atoms with Crippen LogP contribution < -0.4 is 10.2 Å². The molecule has 3 rings (SSSR count). The number of amides is 2. The molecule has 0 unspecified atom stereocenters. The first-order valence-corrected chi connectivity index (χ1v) is 9.18. The van der Waals surface area contributed by atoms with E-state index in [1.807, 2.05) is 37.3 Å². The first-order chi connectivity index (χ1) is 12.6. The van der Waals surface area contributed by atoms with Gasteiger partial charge in [0.15, 0.2) is 4.32 Å². The summed E-state index contributed by atoms with van der Waals surface area (Å²) in [5.41, 5.74) is 3.86. The lowest BCUT2D eigenvalue weighted by Gasteiger charge is -2.15. The Morgan fingerprint density at radius 1 is 1.19 bits per heavy atom. The maximum absolute atomic E-state index is 12.6. The number of carbonyl (C=O) groups is 2. The molecule has 132 valence electrons. The molecule has 1 N–H and O–H groups in total. The quantitative estimate of drug-likeness (QED) is 0.630. The zero-order valence-electron chi connectivity index (χ0n) is 14.0. The molecule has 2 amide bonds. The lowest BCUT2D eigenvalue weighted by atomic mass is 10.2. The third-order valence-corrected chi connectivity index (χ3v) is 4.83. The average molecular weight is 384 g/mol. The third kappa shape index (κ3) is 4.12. The SMILES string of the molecule is CCOc1ccc(/C=C2\SC(=S)N(NC(=O)c3ccccc3)C2=O)cc1. The van der Waals surface area contributed by atoms with E-state index in [-0.39, 0.29) is 16.1 Å². The molecule has 2 aromatic rings. The molecule has 26 heavy (non-hydrogen) atoms. The summed E-state index contributed by atoms with van der Waals surface area (Å²) in [6, 6.07) is 16.1. The largest absolute Gasteiger partial charge is 0.494 e. The van der Waals surface area contributed by atoms with E-state index in [0.29, 0.717) is 17.1 Å². The van der Waals surface area contributed by atoms with Gasteiger partial charge in [-0.05, 0) is 55.0 Å². The van der Waals surface area contributed by atoms with Crippen LogP contribution in [0.3, 0.4) is 0 Å². The summed E-state index contributed by atoms with van der Waals surface area (Å²) in [5, 5.41) is 1.11. The van der Waals surface area contributed by atoms with Crippen molar-refractivity contribution >= 4 is 46.2 Å². The first kappa shape index (κ1) is 18.2. The minimum atomic E-state index is -0.385. The number of hydrogen-bond acceptors (Lipinski definition) is 5. The number of ether oxygens (including phenoxy) is 1. The standard InChI is InChI=1S/C19H16N2O3S2/c1-2-24-15-10-8-13(9-11-15)12-16-18(23)21(19(25)26-16)20-17(22)14-6-4-3-5-7-14/h3-12H,2H2,1H3,(H,20,22)/b16-12-. The van der Waals surface area contributed by atoms with Gasteiger partial charge < -0.3 is 4.74 Å². The molecule has 0 radical (unpaired) electrons. The van der Waals surface area contributed by atoms with Gasteiger partial charge in [-0.25, -0.2) is 0 Å². The van der Waals surface area contributed by atoms with Crippen LogP contribution in [0.1, 0.15) is 22.8 Å². The number of hydrogen-bond donors (Lipinski definition) is 1. The molecule has 0 spiro atoms. The van der Waals surface area contributed by atoms with Crippen molar-refractivity contribution in [3.63, 3.8) is 0 Å². The molecule has 1 fully saturated rings. The predicted molar refractivity (Wildman–Crippen MR) is 107 cm³/mol. The molecule has 0 atom stereocenters. The minimum Gasteiger partial charge on any atom is -0.494 e. The van der Waals surface area contributed by atoms with Gasteiger partial charge in [-0.15, -0.1) is 0 Å². The van der Waals surface area contributed by atoms with Crippen LogP contribution in [0.15, 0.2) is 59.5 Å². The summed E-state index contributed by atoms with van der Waals surface area (Å²) in [4.78, 5) is 25.3. The van der Waals surface area contributed by atoms with Gasteiger partial charge in [0, 0.05) is 5.56 Å². The van der Waals surface area contributed by atoms with Crippen LogP contribution in [-0.2, 0) is 4.79 Å². The Kier molecular flexibility index (Phi) is 5.70. The fraction of sp³-hybridized carbons (Fsp3) is 0.105. The molecule has 5 nitrogen and oxygen atoms in total. The van der Waals surface area contributed by atoms with Crippen LogP contribution >= 0.6 is 24.0 Å². The molecule has 1 aliphatic heterocycles. The van der Waals surface area contributed by atoms with E-state index in [2.05, 4.69) is 5.43 Å². The van der Waals surface area contributed by atoms with E-state index in [1.54, 1.807) is 30.3 Å². The van der Waals surface area contributed by atoms with E-state index in [9.17, 15) is 9.59 Å². The molecule has 7 heteroatoms. The molecule has 0 bridgehead atoms. The highest BCUT2D eigenvalue weighted by molar-refractivity contribution is 8.26. The second kappa shape index (κ2) is 8.16. The van der Waals surface area contributed by atoms with Gasteiger partial charge in [0.05, 0.1) is 11.5 Å². The lowest BCUT2D eigenvalue weighted by molar-refractivity contribution is -0.123. The van der Waals surface area contributed by atoms with Crippen LogP contribution in [0.2, 0.25) is 0 Å². The van der Waals surface area contributed by atoms with Crippen LogP contribution in [0.4, 0.5) is 0 Å². The Bertz CT molecular complexity index is 864. The highest BCUT2D eigenvalue weighted by atomic mass is 32.2. The second-order valence-electron chi connectivity index (χ2n) is 5.33. The van der Waals surface area contributed by atoms with Crippen molar-refractivity contribution in [1.82, 2.24) is 10.4 Å². The summed E-state index contributed by atoms with van der Waals surface area (Å²) in [7, 11) is 0.